The molecule has 136 valence electrons. The van der Waals surface area contributed by atoms with Gasteiger partial charge in [0.2, 0.25) is 11.7 Å². The normalized spacial score (nSPS) is 21.3. The highest BCUT2D eigenvalue weighted by Crippen LogP contribution is 2.47. The molecule has 0 amide bonds. The fourth-order valence-corrected chi connectivity index (χ4v) is 3.59. The van der Waals surface area contributed by atoms with Crippen LogP contribution in [0.5, 0.6) is 0 Å². The molecule has 0 spiro atoms. The molecule has 11 heteroatoms. The summed E-state index contributed by atoms with van der Waals surface area (Å²) in [7, 11) is 0. The van der Waals surface area contributed by atoms with E-state index in [9.17, 15) is 13.2 Å². The van der Waals surface area contributed by atoms with Crippen LogP contribution in [-0.2, 0) is 12.0 Å². The van der Waals surface area contributed by atoms with E-state index in [4.69, 9.17) is 4.52 Å². The Morgan fingerprint density at radius 2 is 2.19 bits per heavy atom. The first-order chi connectivity index (χ1) is 12.5. The van der Waals surface area contributed by atoms with Gasteiger partial charge in [-0.2, -0.15) is 18.2 Å². The summed E-state index contributed by atoms with van der Waals surface area (Å²) in [6.45, 7) is 0.379. The molecule has 4 rings (SSSR count). The second-order valence-corrected chi connectivity index (χ2v) is 6.96. The van der Waals surface area contributed by atoms with Crippen LogP contribution in [0.4, 0.5) is 13.2 Å². The minimum atomic E-state index is -4.51. The van der Waals surface area contributed by atoms with Crippen LogP contribution in [-0.4, -0.2) is 48.9 Å². The Kier molecular flexibility index (Phi) is 4.19. The van der Waals surface area contributed by atoms with Crippen LogP contribution in [0.15, 0.2) is 35.2 Å². The predicted molar refractivity (Wildman–Crippen MR) is 85.1 cm³/mol. The standard InChI is InChI=1S/C15H13F3N6OS/c16-15(17,18)14(3-5-24(9-14)8-11-7-20-23-26-11)13-21-12(22-25-13)10-2-1-4-19-6-10/h1-2,4,6-7H,3,5,8-9H2. The Morgan fingerprint density at radius 3 is 2.88 bits per heavy atom. The van der Waals surface area contributed by atoms with E-state index in [1.165, 1.54) is 17.7 Å². The third kappa shape index (κ3) is 2.97. The first-order valence-corrected chi connectivity index (χ1v) is 8.55. The number of nitrogens with zero attached hydrogens (tertiary/aromatic N) is 6. The average Bonchev–Trinajstić information content (AvgIpc) is 3.36. The highest BCUT2D eigenvalue weighted by atomic mass is 32.1. The van der Waals surface area contributed by atoms with Crippen molar-refractivity contribution in [3.05, 3.63) is 41.5 Å². The van der Waals surface area contributed by atoms with Gasteiger partial charge < -0.3 is 4.52 Å². The third-order valence-electron chi connectivity index (χ3n) is 4.43. The molecule has 0 aliphatic carbocycles. The Hall–Kier alpha value is -2.40. The number of rotatable bonds is 4. The lowest BCUT2D eigenvalue weighted by Crippen LogP contribution is -2.45. The molecule has 3 aromatic rings. The number of pyridine rings is 1. The first-order valence-electron chi connectivity index (χ1n) is 7.78. The third-order valence-corrected chi connectivity index (χ3v) is 5.08. The van der Waals surface area contributed by atoms with E-state index < -0.39 is 17.5 Å². The van der Waals surface area contributed by atoms with Gasteiger partial charge in [-0.05, 0) is 36.6 Å². The number of aromatic nitrogens is 5. The van der Waals surface area contributed by atoms with Crippen molar-refractivity contribution >= 4 is 11.5 Å². The summed E-state index contributed by atoms with van der Waals surface area (Å²) in [6, 6.07) is 3.32. The molecule has 0 radical (unpaired) electrons. The maximum atomic E-state index is 14.0. The van der Waals surface area contributed by atoms with E-state index in [-0.39, 0.29) is 25.3 Å². The quantitative estimate of drug-likeness (QED) is 0.686. The van der Waals surface area contributed by atoms with Gasteiger partial charge >= 0.3 is 6.18 Å². The molecule has 0 bridgehead atoms. The zero-order valence-electron chi connectivity index (χ0n) is 13.3. The maximum absolute atomic E-state index is 14.0. The van der Waals surface area contributed by atoms with Gasteiger partial charge in [0, 0.05) is 31.0 Å². The number of hydrogen-bond donors (Lipinski definition) is 0. The molecule has 26 heavy (non-hydrogen) atoms. The molecule has 0 N–H and O–H groups in total. The molecular formula is C15H13F3N6OS. The molecule has 7 nitrogen and oxygen atoms in total. The molecule has 1 atom stereocenters. The Labute approximate surface area is 150 Å². The molecule has 1 aliphatic rings. The van der Waals surface area contributed by atoms with Crippen LogP contribution < -0.4 is 0 Å². The van der Waals surface area contributed by atoms with E-state index in [2.05, 4.69) is 24.7 Å². The number of hydrogen-bond acceptors (Lipinski definition) is 8. The van der Waals surface area contributed by atoms with Gasteiger partial charge in [0.15, 0.2) is 5.41 Å². The number of alkyl halides is 3. The van der Waals surface area contributed by atoms with Gasteiger partial charge in [-0.25, -0.2) is 0 Å². The van der Waals surface area contributed by atoms with Crippen molar-refractivity contribution in [2.75, 3.05) is 13.1 Å². The minimum Gasteiger partial charge on any atom is -0.338 e. The highest BCUT2D eigenvalue weighted by Gasteiger charge is 2.62. The summed E-state index contributed by atoms with van der Waals surface area (Å²) >= 11 is 1.17. The summed E-state index contributed by atoms with van der Waals surface area (Å²) in [4.78, 5) is 10.5. The van der Waals surface area contributed by atoms with Crippen molar-refractivity contribution in [2.45, 2.75) is 24.6 Å². The van der Waals surface area contributed by atoms with Crippen molar-refractivity contribution in [3.63, 3.8) is 0 Å². The van der Waals surface area contributed by atoms with Crippen LogP contribution in [0.25, 0.3) is 11.4 Å². The molecular weight excluding hydrogens is 369 g/mol. The van der Waals surface area contributed by atoms with E-state index in [0.717, 1.165) is 4.88 Å². The second-order valence-electron chi connectivity index (χ2n) is 6.09. The van der Waals surface area contributed by atoms with Crippen LogP contribution in [0.1, 0.15) is 17.2 Å². The highest BCUT2D eigenvalue weighted by molar-refractivity contribution is 7.05. The molecule has 0 saturated carbocycles. The summed E-state index contributed by atoms with van der Waals surface area (Å²) in [5.74, 6) is -0.310. The second kappa shape index (κ2) is 6.40. The van der Waals surface area contributed by atoms with Crippen LogP contribution in [0.2, 0.25) is 0 Å². The molecule has 0 aromatic carbocycles. The van der Waals surface area contributed by atoms with Crippen molar-refractivity contribution in [2.24, 2.45) is 0 Å². The van der Waals surface area contributed by atoms with Crippen molar-refractivity contribution in [1.29, 1.82) is 0 Å². The fourth-order valence-electron chi connectivity index (χ4n) is 3.06. The molecule has 3 aromatic heterocycles. The summed E-state index contributed by atoms with van der Waals surface area (Å²) in [5, 5.41) is 7.45. The average molecular weight is 382 g/mol. The van der Waals surface area contributed by atoms with E-state index >= 15 is 0 Å². The van der Waals surface area contributed by atoms with Gasteiger partial charge in [-0.3, -0.25) is 9.88 Å². The summed E-state index contributed by atoms with van der Waals surface area (Å²) in [6.07, 6.45) is -0.0488. The van der Waals surface area contributed by atoms with E-state index in [1.54, 1.807) is 29.4 Å². The first kappa shape index (κ1) is 17.0. The maximum Gasteiger partial charge on any atom is 0.404 e. The lowest BCUT2D eigenvalue weighted by Gasteiger charge is -2.28. The minimum absolute atomic E-state index is 0.0989. The zero-order valence-corrected chi connectivity index (χ0v) is 14.2. The van der Waals surface area contributed by atoms with E-state index in [0.29, 0.717) is 12.1 Å². The zero-order chi connectivity index (χ0) is 18.2. The van der Waals surface area contributed by atoms with Crippen molar-refractivity contribution < 1.29 is 17.7 Å². The smallest absolute Gasteiger partial charge is 0.338 e. The molecule has 1 saturated heterocycles. The molecule has 1 fully saturated rings. The molecule has 4 heterocycles. The summed E-state index contributed by atoms with van der Waals surface area (Å²) < 4.78 is 50.7. The molecule has 1 aliphatic heterocycles. The molecule has 1 unspecified atom stereocenters. The number of likely N-dealkylation sites (tertiary alicyclic amines) is 1. The van der Waals surface area contributed by atoms with Crippen LogP contribution >= 0.6 is 11.5 Å². The largest absolute Gasteiger partial charge is 0.404 e. The van der Waals surface area contributed by atoms with Gasteiger partial charge in [0.05, 0.1) is 11.1 Å². The lowest BCUT2D eigenvalue weighted by molar-refractivity contribution is -0.193. The number of halogens is 3. The van der Waals surface area contributed by atoms with E-state index in [1.807, 2.05) is 0 Å². The topological polar surface area (TPSA) is 80.8 Å². The summed E-state index contributed by atoms with van der Waals surface area (Å²) in [5.41, 5.74) is -1.68. The van der Waals surface area contributed by atoms with Gasteiger partial charge in [0.25, 0.3) is 0 Å². The fraction of sp³-hybridized carbons (Fsp3) is 0.400. The van der Waals surface area contributed by atoms with Gasteiger partial charge in [-0.1, -0.05) is 9.64 Å². The monoisotopic (exact) mass is 382 g/mol. The Balaban J connectivity index is 1.63. The van der Waals surface area contributed by atoms with Crippen molar-refractivity contribution in [1.82, 2.24) is 29.6 Å². The van der Waals surface area contributed by atoms with Gasteiger partial charge in [-0.15, -0.1) is 5.10 Å². The Morgan fingerprint density at radius 1 is 1.31 bits per heavy atom. The lowest BCUT2D eigenvalue weighted by atomic mass is 9.86. The van der Waals surface area contributed by atoms with Crippen LogP contribution in [0, 0.1) is 0 Å². The van der Waals surface area contributed by atoms with Crippen LogP contribution in [0.3, 0.4) is 0 Å². The van der Waals surface area contributed by atoms with Crippen molar-refractivity contribution in [3.8, 4) is 11.4 Å². The van der Waals surface area contributed by atoms with Gasteiger partial charge in [0.1, 0.15) is 0 Å². The Bertz CT molecular complexity index is 869. The SMILES string of the molecule is FC(F)(F)C1(c2nc(-c3cccnc3)no2)CCN(Cc2cnns2)C1. The predicted octanol–water partition coefficient (Wildman–Crippen LogP) is 2.69.